The third kappa shape index (κ3) is 5.66. The highest BCUT2D eigenvalue weighted by Crippen LogP contribution is 2.32. The normalized spacial score (nSPS) is 11.4. The van der Waals surface area contributed by atoms with Crippen molar-refractivity contribution in [1.82, 2.24) is 10.3 Å². The molecule has 1 aromatic heterocycles. The van der Waals surface area contributed by atoms with E-state index in [0.29, 0.717) is 17.7 Å². The van der Waals surface area contributed by atoms with Crippen LogP contribution in [0.25, 0.3) is 0 Å². The first-order chi connectivity index (χ1) is 14.7. The molecule has 0 spiro atoms. The summed E-state index contributed by atoms with van der Waals surface area (Å²) in [5.74, 6) is -0.727. The van der Waals surface area contributed by atoms with Crippen LogP contribution >= 0.6 is 11.3 Å². The van der Waals surface area contributed by atoms with Gasteiger partial charge in [0.1, 0.15) is 5.75 Å². The van der Waals surface area contributed by atoms with Crippen LogP contribution in [-0.2, 0) is 19.0 Å². The van der Waals surface area contributed by atoms with E-state index in [4.69, 9.17) is 4.74 Å². The second-order valence-corrected chi connectivity index (χ2v) is 7.77. The van der Waals surface area contributed by atoms with Gasteiger partial charge < -0.3 is 15.2 Å². The van der Waals surface area contributed by atoms with Crippen molar-refractivity contribution in [3.63, 3.8) is 0 Å². The van der Waals surface area contributed by atoms with Gasteiger partial charge in [-0.3, -0.25) is 14.6 Å². The van der Waals surface area contributed by atoms with Crippen LogP contribution < -0.4 is 14.9 Å². The highest BCUT2D eigenvalue weighted by Gasteiger charge is 2.32. The summed E-state index contributed by atoms with van der Waals surface area (Å²) in [7, 11) is 1.28. The summed E-state index contributed by atoms with van der Waals surface area (Å²) in [6.07, 6.45) is -3.69. The predicted molar refractivity (Wildman–Crippen MR) is 110 cm³/mol. The van der Waals surface area contributed by atoms with Gasteiger partial charge in [0.05, 0.1) is 23.1 Å². The van der Waals surface area contributed by atoms with E-state index < -0.39 is 17.6 Å². The van der Waals surface area contributed by atoms with Crippen molar-refractivity contribution in [3.8, 4) is 11.6 Å². The van der Waals surface area contributed by atoms with E-state index in [1.165, 1.54) is 7.11 Å². The fourth-order valence-corrected chi connectivity index (χ4v) is 3.72. The lowest BCUT2D eigenvalue weighted by Gasteiger charge is -2.13. The Balaban J connectivity index is 1.59. The standard InChI is InChI=1S/C21H19F3N2O4S/c1-30-16-7-6-14(21(22,23)24)11-15(16)18(27)25-9-8-12-2-4-13(5-3-12)10-17-19(28)26-20(29)31-17/h2-7,11,28H,8-10H2,1H3,(H,25,27)(H,26,29). The largest absolute Gasteiger partial charge is 0.496 e. The summed E-state index contributed by atoms with van der Waals surface area (Å²) < 4.78 is 43.8. The fraction of sp³-hybridized carbons (Fsp3) is 0.238. The number of amides is 1. The smallest absolute Gasteiger partial charge is 0.416 e. The van der Waals surface area contributed by atoms with E-state index >= 15 is 0 Å². The zero-order valence-corrected chi connectivity index (χ0v) is 17.2. The van der Waals surface area contributed by atoms with Gasteiger partial charge in [-0.2, -0.15) is 13.2 Å². The van der Waals surface area contributed by atoms with Crippen LogP contribution in [0.15, 0.2) is 47.3 Å². The molecule has 0 aliphatic rings. The predicted octanol–water partition coefficient (Wildman–Crippen LogP) is 3.73. The number of carbonyl (C=O) groups is 1. The zero-order valence-electron chi connectivity index (χ0n) is 16.4. The number of methoxy groups -OCH3 is 1. The molecule has 10 heteroatoms. The molecule has 1 amide bonds. The van der Waals surface area contributed by atoms with Crippen molar-refractivity contribution >= 4 is 17.2 Å². The van der Waals surface area contributed by atoms with E-state index in [2.05, 4.69) is 10.3 Å². The molecule has 2 aromatic carbocycles. The van der Waals surface area contributed by atoms with Crippen molar-refractivity contribution in [2.45, 2.75) is 19.0 Å². The molecule has 0 bridgehead atoms. The Bertz CT molecular complexity index is 1120. The Morgan fingerprint density at radius 3 is 2.42 bits per heavy atom. The average molecular weight is 452 g/mol. The Labute approximate surface area is 179 Å². The minimum Gasteiger partial charge on any atom is -0.496 e. The van der Waals surface area contributed by atoms with Gasteiger partial charge in [0.15, 0.2) is 0 Å². The first kappa shape index (κ1) is 22.4. The van der Waals surface area contributed by atoms with Gasteiger partial charge in [0.25, 0.3) is 5.91 Å². The van der Waals surface area contributed by atoms with Gasteiger partial charge in [0.2, 0.25) is 5.88 Å². The van der Waals surface area contributed by atoms with Crippen molar-refractivity contribution in [2.24, 2.45) is 0 Å². The molecule has 0 saturated heterocycles. The minimum atomic E-state index is -4.56. The molecule has 0 aliphatic carbocycles. The summed E-state index contributed by atoms with van der Waals surface area (Å²) in [4.78, 5) is 26.2. The van der Waals surface area contributed by atoms with Crippen LogP contribution in [-0.4, -0.2) is 29.7 Å². The molecule has 3 rings (SSSR count). The van der Waals surface area contributed by atoms with Gasteiger partial charge in [-0.25, -0.2) is 0 Å². The van der Waals surface area contributed by atoms with Gasteiger partial charge in [-0.1, -0.05) is 35.6 Å². The quantitative estimate of drug-likeness (QED) is 0.510. The summed E-state index contributed by atoms with van der Waals surface area (Å²) >= 11 is 0.945. The number of aromatic nitrogens is 1. The van der Waals surface area contributed by atoms with Crippen LogP contribution in [0.4, 0.5) is 13.2 Å². The minimum absolute atomic E-state index is 0.0603. The number of ether oxygens (including phenoxy) is 1. The highest BCUT2D eigenvalue weighted by molar-refractivity contribution is 7.09. The molecule has 164 valence electrons. The second-order valence-electron chi connectivity index (χ2n) is 6.70. The summed E-state index contributed by atoms with van der Waals surface area (Å²) in [5.41, 5.74) is 0.698. The number of benzene rings is 2. The number of carbonyl (C=O) groups excluding carboxylic acids is 1. The van der Waals surface area contributed by atoms with E-state index in [1.54, 1.807) is 0 Å². The topological polar surface area (TPSA) is 91.4 Å². The molecule has 6 nitrogen and oxygen atoms in total. The van der Waals surface area contributed by atoms with E-state index in [-0.39, 0.29) is 28.6 Å². The third-order valence-corrected chi connectivity index (χ3v) is 5.43. The van der Waals surface area contributed by atoms with Crippen molar-refractivity contribution in [2.75, 3.05) is 13.7 Å². The Morgan fingerprint density at radius 1 is 1.16 bits per heavy atom. The SMILES string of the molecule is COc1ccc(C(F)(F)F)cc1C(=O)NCCc1ccc(Cc2sc(=O)[nH]c2O)cc1. The molecule has 0 atom stereocenters. The van der Waals surface area contributed by atoms with Gasteiger partial charge in [-0.15, -0.1) is 0 Å². The molecule has 31 heavy (non-hydrogen) atoms. The number of hydrogen-bond acceptors (Lipinski definition) is 5. The van der Waals surface area contributed by atoms with Crippen molar-refractivity contribution in [3.05, 3.63) is 79.3 Å². The number of H-pyrrole nitrogens is 1. The molecular formula is C21H19F3N2O4S. The average Bonchev–Trinajstić information content (AvgIpc) is 3.04. The van der Waals surface area contributed by atoms with Crippen LogP contribution in [0.1, 0.15) is 31.9 Å². The first-order valence-corrected chi connectivity index (χ1v) is 10.0. The molecule has 3 aromatic rings. The summed E-state index contributed by atoms with van der Waals surface area (Å²) in [6, 6.07) is 10.1. The molecular weight excluding hydrogens is 433 g/mol. The molecule has 3 N–H and O–H groups in total. The van der Waals surface area contributed by atoms with Crippen LogP contribution in [0, 0.1) is 0 Å². The molecule has 0 unspecified atom stereocenters. The fourth-order valence-electron chi connectivity index (χ4n) is 2.96. The number of hydrogen-bond donors (Lipinski definition) is 3. The summed E-state index contributed by atoms with van der Waals surface area (Å²) in [5, 5.41) is 12.3. The molecule has 0 radical (unpaired) electrons. The number of aromatic amines is 1. The molecule has 1 heterocycles. The Kier molecular flexibility index (Phi) is 6.69. The lowest BCUT2D eigenvalue weighted by molar-refractivity contribution is -0.137. The van der Waals surface area contributed by atoms with Crippen LogP contribution in [0.5, 0.6) is 11.6 Å². The number of nitrogens with one attached hydrogen (secondary N) is 2. The second kappa shape index (κ2) is 9.25. The van der Waals surface area contributed by atoms with E-state index in [0.717, 1.165) is 40.7 Å². The van der Waals surface area contributed by atoms with Crippen LogP contribution in [0.3, 0.4) is 0 Å². The maximum Gasteiger partial charge on any atom is 0.416 e. The summed E-state index contributed by atoms with van der Waals surface area (Å²) in [6.45, 7) is 0.220. The lowest BCUT2D eigenvalue weighted by atomic mass is 10.1. The zero-order chi connectivity index (χ0) is 22.6. The monoisotopic (exact) mass is 452 g/mol. The number of aromatic hydroxyl groups is 1. The van der Waals surface area contributed by atoms with Crippen molar-refractivity contribution in [1.29, 1.82) is 0 Å². The van der Waals surface area contributed by atoms with Crippen LogP contribution in [0.2, 0.25) is 0 Å². The molecule has 0 aliphatic heterocycles. The maximum atomic E-state index is 12.9. The Morgan fingerprint density at radius 2 is 1.84 bits per heavy atom. The highest BCUT2D eigenvalue weighted by atomic mass is 32.1. The Hall–Kier alpha value is -3.27. The van der Waals surface area contributed by atoms with E-state index in [9.17, 15) is 27.9 Å². The number of halogens is 3. The van der Waals surface area contributed by atoms with Gasteiger partial charge in [-0.05, 0) is 35.7 Å². The van der Waals surface area contributed by atoms with Crippen molar-refractivity contribution < 1.29 is 27.8 Å². The van der Waals surface area contributed by atoms with Gasteiger partial charge >= 0.3 is 11.0 Å². The van der Waals surface area contributed by atoms with E-state index in [1.807, 2.05) is 24.3 Å². The lowest BCUT2D eigenvalue weighted by Crippen LogP contribution is -2.26. The first-order valence-electron chi connectivity index (χ1n) is 9.19. The third-order valence-electron chi connectivity index (χ3n) is 4.56. The number of alkyl halides is 3. The molecule has 0 saturated carbocycles. The number of rotatable bonds is 7. The number of thiazole rings is 1. The molecule has 0 fully saturated rings. The maximum absolute atomic E-state index is 12.9. The van der Waals surface area contributed by atoms with Gasteiger partial charge in [0, 0.05) is 13.0 Å².